The summed E-state index contributed by atoms with van der Waals surface area (Å²) in [4.78, 5) is 72.3. The van der Waals surface area contributed by atoms with Crippen LogP contribution in [0, 0.1) is 5.92 Å². The highest BCUT2D eigenvalue weighted by Gasteiger charge is 2.30. The van der Waals surface area contributed by atoms with Gasteiger partial charge >= 0.3 is 39.5 Å². The number of carbonyl (C=O) groups excluding carboxylic acids is 4. The zero-order chi connectivity index (χ0) is 64.2. The summed E-state index contributed by atoms with van der Waals surface area (Å²) in [5.74, 6) is -1.40. The highest BCUT2D eigenvalue weighted by atomic mass is 31.2. The molecule has 0 heterocycles. The molecule has 0 aromatic rings. The third-order valence-electron chi connectivity index (χ3n) is 15.8. The Morgan fingerprint density at radius 2 is 0.529 bits per heavy atom. The maximum atomic E-state index is 13.0. The standard InChI is InChI=1S/C68H132O17P2/c1-6-9-12-15-18-21-23-24-25-26-27-28-29-32-39-44-49-54-68(73)85-64(58-79-66(71)52-47-42-37-34-33-35-40-45-50-61(4)5)60-83-87(76,77)81-56-62(69)55-80-86(74,75)82-59-63(57-78-65(70)51-46-41-36-30-20-17-14-11-8-3)84-67(72)53-48-43-38-31-22-19-16-13-10-7-2/h61-64,69H,6-60H2,1-5H3,(H,74,75)(H,76,77)/t62-,63+,64+/m0/s1. The summed E-state index contributed by atoms with van der Waals surface area (Å²) in [7, 11) is -9.89. The summed E-state index contributed by atoms with van der Waals surface area (Å²) in [6, 6.07) is 0. The van der Waals surface area contributed by atoms with Gasteiger partial charge in [0.25, 0.3) is 0 Å². The first-order valence-corrected chi connectivity index (χ1v) is 38.6. The molecule has 0 rings (SSSR count). The first-order valence-electron chi connectivity index (χ1n) is 35.6. The Morgan fingerprint density at radius 1 is 0.310 bits per heavy atom. The zero-order valence-corrected chi connectivity index (χ0v) is 57.9. The van der Waals surface area contributed by atoms with Crippen molar-refractivity contribution in [1.29, 1.82) is 0 Å². The van der Waals surface area contributed by atoms with Gasteiger partial charge in [0.2, 0.25) is 0 Å². The van der Waals surface area contributed by atoms with Crippen LogP contribution in [0.5, 0.6) is 0 Å². The van der Waals surface area contributed by atoms with E-state index in [9.17, 15) is 43.2 Å². The fourth-order valence-electron chi connectivity index (χ4n) is 10.3. The monoisotopic (exact) mass is 1280 g/mol. The molecule has 19 heteroatoms. The maximum absolute atomic E-state index is 13.0. The van der Waals surface area contributed by atoms with Crippen molar-refractivity contribution in [2.24, 2.45) is 5.92 Å². The second-order valence-corrected chi connectivity index (χ2v) is 27.9. The lowest BCUT2D eigenvalue weighted by Gasteiger charge is -2.21. The lowest BCUT2D eigenvalue weighted by molar-refractivity contribution is -0.161. The molecule has 0 bridgehead atoms. The molecule has 0 amide bonds. The Morgan fingerprint density at radius 3 is 0.782 bits per heavy atom. The van der Waals surface area contributed by atoms with Crippen LogP contribution in [0.3, 0.4) is 0 Å². The van der Waals surface area contributed by atoms with Crippen LogP contribution in [0.1, 0.15) is 349 Å². The second-order valence-electron chi connectivity index (χ2n) is 25.0. The van der Waals surface area contributed by atoms with E-state index in [2.05, 4.69) is 34.6 Å². The molecule has 87 heavy (non-hydrogen) atoms. The molecule has 0 saturated carbocycles. The summed E-state index contributed by atoms with van der Waals surface area (Å²) in [6.45, 7) is 7.17. The highest BCUT2D eigenvalue weighted by molar-refractivity contribution is 7.47. The van der Waals surface area contributed by atoms with E-state index >= 15 is 0 Å². The van der Waals surface area contributed by atoms with Crippen molar-refractivity contribution in [2.75, 3.05) is 39.6 Å². The average Bonchev–Trinajstić information content (AvgIpc) is 3.59. The van der Waals surface area contributed by atoms with E-state index < -0.39 is 97.5 Å². The molecule has 0 spiro atoms. The molecule has 0 fully saturated rings. The average molecular weight is 1280 g/mol. The summed E-state index contributed by atoms with van der Waals surface area (Å²) in [6.07, 6.45) is 47.2. The van der Waals surface area contributed by atoms with E-state index in [1.165, 1.54) is 173 Å². The number of phosphoric acid groups is 2. The summed E-state index contributed by atoms with van der Waals surface area (Å²) in [5.41, 5.74) is 0. The van der Waals surface area contributed by atoms with Crippen molar-refractivity contribution in [3.8, 4) is 0 Å². The van der Waals surface area contributed by atoms with E-state index in [4.69, 9.17) is 37.0 Å². The third-order valence-corrected chi connectivity index (χ3v) is 17.7. The molecule has 0 aliphatic carbocycles. The molecule has 0 saturated heterocycles. The van der Waals surface area contributed by atoms with Gasteiger partial charge in [0, 0.05) is 25.7 Å². The van der Waals surface area contributed by atoms with Gasteiger partial charge in [0.15, 0.2) is 12.2 Å². The molecule has 0 aliphatic heterocycles. The largest absolute Gasteiger partial charge is 0.472 e. The van der Waals surface area contributed by atoms with Gasteiger partial charge in [0.05, 0.1) is 26.4 Å². The number of unbranched alkanes of at least 4 members (excludes halogenated alkanes) is 40. The Labute approximate surface area is 530 Å². The molecule has 5 atom stereocenters. The molecular formula is C68H132O17P2. The molecule has 0 aromatic heterocycles. The molecular weight excluding hydrogens is 1150 g/mol. The summed E-state index contributed by atoms with van der Waals surface area (Å²) >= 11 is 0. The second kappa shape index (κ2) is 61.6. The van der Waals surface area contributed by atoms with Crippen LogP contribution in [0.15, 0.2) is 0 Å². The smallest absolute Gasteiger partial charge is 0.462 e. The van der Waals surface area contributed by atoms with Crippen LogP contribution >= 0.6 is 15.6 Å². The molecule has 0 aromatic carbocycles. The number of hydrogen-bond acceptors (Lipinski definition) is 15. The lowest BCUT2D eigenvalue weighted by Crippen LogP contribution is -2.30. The fourth-order valence-corrected chi connectivity index (χ4v) is 11.9. The van der Waals surface area contributed by atoms with Crippen LogP contribution in [0.25, 0.3) is 0 Å². The first-order chi connectivity index (χ1) is 42.0. The van der Waals surface area contributed by atoms with Gasteiger partial charge in [-0.2, -0.15) is 0 Å². The first kappa shape index (κ1) is 85.1. The maximum Gasteiger partial charge on any atom is 0.472 e. The quantitative estimate of drug-likeness (QED) is 0.0222. The number of ether oxygens (including phenoxy) is 4. The Bertz CT molecular complexity index is 1690. The van der Waals surface area contributed by atoms with Crippen LogP contribution in [-0.4, -0.2) is 96.7 Å². The number of carbonyl (C=O) groups is 4. The van der Waals surface area contributed by atoms with E-state index in [0.29, 0.717) is 25.7 Å². The minimum atomic E-state index is -4.95. The van der Waals surface area contributed by atoms with Gasteiger partial charge in [-0.25, -0.2) is 9.13 Å². The van der Waals surface area contributed by atoms with Crippen molar-refractivity contribution >= 4 is 39.5 Å². The van der Waals surface area contributed by atoms with Crippen LogP contribution < -0.4 is 0 Å². The number of aliphatic hydroxyl groups excluding tert-OH is 1. The van der Waals surface area contributed by atoms with Gasteiger partial charge in [-0.05, 0) is 31.6 Å². The highest BCUT2D eigenvalue weighted by Crippen LogP contribution is 2.45. The van der Waals surface area contributed by atoms with Crippen LogP contribution in [-0.2, 0) is 65.4 Å². The zero-order valence-electron chi connectivity index (χ0n) is 56.2. The van der Waals surface area contributed by atoms with Crippen molar-refractivity contribution < 1.29 is 80.2 Å². The predicted octanol–water partition coefficient (Wildman–Crippen LogP) is 19.4. The van der Waals surface area contributed by atoms with E-state index in [1.54, 1.807) is 0 Å². The predicted molar refractivity (Wildman–Crippen MR) is 349 cm³/mol. The normalized spacial score (nSPS) is 14.1. The third kappa shape index (κ3) is 62.6. The van der Waals surface area contributed by atoms with Gasteiger partial charge in [-0.1, -0.05) is 298 Å². The number of phosphoric ester groups is 2. The summed E-state index contributed by atoms with van der Waals surface area (Å²) < 4.78 is 68.1. The topological polar surface area (TPSA) is 237 Å². The fraction of sp³-hybridized carbons (Fsp3) is 0.941. The van der Waals surface area contributed by atoms with Crippen LogP contribution in [0.4, 0.5) is 0 Å². The molecule has 0 aliphatic rings. The number of aliphatic hydroxyl groups is 1. The minimum Gasteiger partial charge on any atom is -0.462 e. The number of rotatable bonds is 68. The molecule has 3 N–H and O–H groups in total. The van der Waals surface area contributed by atoms with Gasteiger partial charge < -0.3 is 33.8 Å². The van der Waals surface area contributed by atoms with Crippen molar-refractivity contribution in [3.05, 3.63) is 0 Å². The van der Waals surface area contributed by atoms with E-state index in [0.717, 1.165) is 95.8 Å². The Balaban J connectivity index is 5.20. The minimum absolute atomic E-state index is 0.106. The Hall–Kier alpha value is -1.94. The Kier molecular flexibility index (Phi) is 60.2. The number of hydrogen-bond donors (Lipinski definition) is 3. The van der Waals surface area contributed by atoms with E-state index in [1.807, 2.05) is 0 Å². The van der Waals surface area contributed by atoms with Crippen LogP contribution in [0.2, 0.25) is 0 Å². The van der Waals surface area contributed by atoms with Gasteiger partial charge in [-0.3, -0.25) is 37.3 Å². The van der Waals surface area contributed by atoms with E-state index in [-0.39, 0.29) is 25.7 Å². The lowest BCUT2D eigenvalue weighted by atomic mass is 10.0. The molecule has 0 radical (unpaired) electrons. The number of esters is 4. The van der Waals surface area contributed by atoms with Gasteiger partial charge in [-0.15, -0.1) is 0 Å². The van der Waals surface area contributed by atoms with Crippen molar-refractivity contribution in [3.63, 3.8) is 0 Å². The molecule has 17 nitrogen and oxygen atoms in total. The summed E-state index contributed by atoms with van der Waals surface area (Å²) in [5, 5.41) is 10.6. The SMILES string of the molecule is CCCCCCCCCCCCCCCCCCCC(=O)O[C@H](COC(=O)CCCCCCCCCCC(C)C)COP(=O)(O)OC[C@@H](O)COP(=O)(O)OC[C@@H](COC(=O)CCCCCCCCCCC)OC(=O)CCCCCCCCCCCC. The van der Waals surface area contributed by atoms with Crippen molar-refractivity contribution in [1.82, 2.24) is 0 Å². The van der Waals surface area contributed by atoms with Crippen molar-refractivity contribution in [2.45, 2.75) is 368 Å². The molecule has 516 valence electrons. The van der Waals surface area contributed by atoms with Gasteiger partial charge in [0.1, 0.15) is 19.3 Å². The molecule has 2 unspecified atom stereocenters.